The Morgan fingerprint density at radius 3 is 1.80 bits per heavy atom. The van der Waals surface area contributed by atoms with Gasteiger partial charge in [0, 0.05) is 27.5 Å². The molecule has 0 aliphatic carbocycles. The van der Waals surface area contributed by atoms with Crippen molar-refractivity contribution in [2.45, 2.75) is 26.2 Å². The third-order valence-corrected chi connectivity index (χ3v) is 3.51. The third kappa shape index (κ3) is 16.9. The van der Waals surface area contributed by atoms with Crippen molar-refractivity contribution in [2.24, 2.45) is 0 Å². The van der Waals surface area contributed by atoms with Crippen molar-refractivity contribution in [1.82, 2.24) is 0 Å². The maximum atomic E-state index is 10.1. The summed E-state index contributed by atoms with van der Waals surface area (Å²) < 4.78 is 24.3. The molecule has 0 saturated heterocycles. The standard InChI is InChI=1S/C5H13O2P.C3H10O3Si/c1-2-3-4-5-8(6)7;1-4-7(5-2)6-3/h8H,2-5H2,1H3,(H,6,7);7H,1-3H3. The van der Waals surface area contributed by atoms with Crippen molar-refractivity contribution in [3.05, 3.63) is 0 Å². The van der Waals surface area contributed by atoms with Crippen molar-refractivity contribution in [1.29, 1.82) is 0 Å². The molecular formula is C8H23O5PSi. The highest BCUT2D eigenvalue weighted by atomic mass is 31.1. The Bertz CT molecular complexity index is 137. The van der Waals surface area contributed by atoms with Crippen LogP contribution in [-0.4, -0.2) is 41.9 Å². The fourth-order valence-electron chi connectivity index (χ4n) is 0.815. The smallest absolute Gasteiger partial charge is 0.379 e. The molecule has 0 aromatic carbocycles. The maximum absolute atomic E-state index is 10.1. The highest BCUT2D eigenvalue weighted by molar-refractivity contribution is 7.37. The molecule has 0 spiro atoms. The number of rotatable bonds is 7. The van der Waals surface area contributed by atoms with Crippen LogP contribution in [0.5, 0.6) is 0 Å². The predicted octanol–water partition coefficient (Wildman–Crippen LogP) is 1.29. The van der Waals surface area contributed by atoms with Gasteiger partial charge in [-0.3, -0.25) is 4.57 Å². The monoisotopic (exact) mass is 258 g/mol. The Kier molecular flexibility index (Phi) is 16.8. The summed E-state index contributed by atoms with van der Waals surface area (Å²) in [5.74, 6) is 0. The number of hydrogen-bond donors (Lipinski definition) is 1. The number of hydrogen-bond acceptors (Lipinski definition) is 4. The summed E-state index contributed by atoms with van der Waals surface area (Å²) in [5.41, 5.74) is 0. The predicted molar refractivity (Wildman–Crippen MR) is 63.8 cm³/mol. The van der Waals surface area contributed by atoms with Gasteiger partial charge >= 0.3 is 9.53 Å². The lowest BCUT2D eigenvalue weighted by Gasteiger charge is -2.05. The maximum Gasteiger partial charge on any atom is 0.483 e. The van der Waals surface area contributed by atoms with Crippen molar-refractivity contribution in [3.63, 3.8) is 0 Å². The summed E-state index contributed by atoms with van der Waals surface area (Å²) >= 11 is 0. The molecule has 0 aromatic rings. The first-order chi connectivity index (χ1) is 7.12. The van der Waals surface area contributed by atoms with Gasteiger partial charge in [-0.1, -0.05) is 19.8 Å². The van der Waals surface area contributed by atoms with E-state index in [1.54, 1.807) is 21.3 Å². The van der Waals surface area contributed by atoms with E-state index >= 15 is 0 Å². The lowest BCUT2D eigenvalue weighted by Crippen LogP contribution is -2.21. The van der Waals surface area contributed by atoms with Gasteiger partial charge < -0.3 is 18.2 Å². The molecule has 7 heteroatoms. The fraction of sp³-hybridized carbons (Fsp3) is 1.00. The zero-order valence-electron chi connectivity index (χ0n) is 9.99. The lowest BCUT2D eigenvalue weighted by molar-refractivity contribution is 0.163. The molecule has 0 bridgehead atoms. The van der Waals surface area contributed by atoms with Gasteiger partial charge in [-0.05, 0) is 6.42 Å². The van der Waals surface area contributed by atoms with Crippen LogP contribution in [0.25, 0.3) is 0 Å². The zero-order chi connectivity index (χ0) is 12.1. The fourth-order valence-corrected chi connectivity index (χ4v) is 1.94. The summed E-state index contributed by atoms with van der Waals surface area (Å²) in [6, 6.07) is 0. The van der Waals surface area contributed by atoms with Gasteiger partial charge in [0.2, 0.25) is 0 Å². The average molecular weight is 258 g/mol. The van der Waals surface area contributed by atoms with E-state index in [1.807, 2.05) is 0 Å². The highest BCUT2D eigenvalue weighted by Crippen LogP contribution is 2.15. The highest BCUT2D eigenvalue weighted by Gasteiger charge is 2.04. The van der Waals surface area contributed by atoms with Crippen LogP contribution in [-0.2, 0) is 17.8 Å². The van der Waals surface area contributed by atoms with E-state index in [-0.39, 0.29) is 0 Å². The van der Waals surface area contributed by atoms with Crippen LogP contribution in [0.2, 0.25) is 0 Å². The van der Waals surface area contributed by atoms with Gasteiger partial charge in [-0.2, -0.15) is 0 Å². The Morgan fingerprint density at radius 2 is 1.60 bits per heavy atom. The van der Waals surface area contributed by atoms with E-state index in [9.17, 15) is 4.57 Å². The van der Waals surface area contributed by atoms with Crippen LogP contribution >= 0.6 is 8.03 Å². The normalized spacial score (nSPS) is 12.1. The molecule has 0 radical (unpaired) electrons. The van der Waals surface area contributed by atoms with E-state index in [0.29, 0.717) is 6.16 Å². The van der Waals surface area contributed by atoms with E-state index < -0.39 is 17.6 Å². The van der Waals surface area contributed by atoms with Gasteiger partial charge in [-0.25, -0.2) is 0 Å². The Hall–Kier alpha value is 0.287. The summed E-state index contributed by atoms with van der Waals surface area (Å²) in [6.45, 7) is 2.08. The molecule has 94 valence electrons. The van der Waals surface area contributed by atoms with Crippen molar-refractivity contribution >= 4 is 17.6 Å². The second-order valence-electron chi connectivity index (χ2n) is 2.85. The lowest BCUT2D eigenvalue weighted by atomic mass is 10.3. The molecule has 0 aromatic heterocycles. The summed E-state index contributed by atoms with van der Waals surface area (Å²) in [5, 5.41) is 0. The van der Waals surface area contributed by atoms with Gasteiger partial charge in [0.25, 0.3) is 0 Å². The van der Waals surface area contributed by atoms with Gasteiger partial charge in [0.1, 0.15) is 0 Å². The SMILES string of the molecule is CCCCC[PH](=O)O.CO[SiH](OC)OC. The minimum atomic E-state index is -2.16. The second kappa shape index (κ2) is 14.3. The molecular weight excluding hydrogens is 235 g/mol. The third-order valence-electron chi connectivity index (χ3n) is 1.57. The average Bonchev–Trinajstić information content (AvgIpc) is 2.21. The van der Waals surface area contributed by atoms with Crippen LogP contribution in [0, 0.1) is 0 Å². The van der Waals surface area contributed by atoms with Crippen LogP contribution in [0.1, 0.15) is 26.2 Å². The molecule has 0 aliphatic heterocycles. The summed E-state index contributed by atoms with van der Waals surface area (Å²) in [4.78, 5) is 8.33. The summed E-state index contributed by atoms with van der Waals surface area (Å²) in [6.07, 6.45) is 3.62. The molecule has 0 saturated carbocycles. The van der Waals surface area contributed by atoms with Crippen LogP contribution in [0.4, 0.5) is 0 Å². The van der Waals surface area contributed by atoms with E-state index in [2.05, 4.69) is 6.92 Å². The largest absolute Gasteiger partial charge is 0.483 e. The van der Waals surface area contributed by atoms with E-state index in [4.69, 9.17) is 18.2 Å². The topological polar surface area (TPSA) is 65.0 Å². The second-order valence-corrected chi connectivity index (χ2v) is 6.13. The van der Waals surface area contributed by atoms with Gasteiger partial charge in [0.05, 0.1) is 0 Å². The molecule has 1 N–H and O–H groups in total. The number of unbranched alkanes of at least 4 members (excludes halogenated alkanes) is 2. The van der Waals surface area contributed by atoms with E-state index in [1.165, 1.54) is 0 Å². The molecule has 0 amide bonds. The molecule has 0 aliphatic rings. The van der Waals surface area contributed by atoms with Gasteiger partial charge in [-0.15, -0.1) is 0 Å². The molecule has 1 unspecified atom stereocenters. The molecule has 5 nitrogen and oxygen atoms in total. The van der Waals surface area contributed by atoms with Crippen molar-refractivity contribution in [3.8, 4) is 0 Å². The molecule has 0 rings (SSSR count). The minimum absolute atomic E-state index is 0.512. The van der Waals surface area contributed by atoms with Crippen molar-refractivity contribution in [2.75, 3.05) is 27.5 Å². The van der Waals surface area contributed by atoms with Crippen molar-refractivity contribution < 1.29 is 22.7 Å². The van der Waals surface area contributed by atoms with Crippen LogP contribution in [0.15, 0.2) is 0 Å². The zero-order valence-corrected chi connectivity index (χ0v) is 12.1. The Labute approximate surface area is 94.6 Å². The molecule has 0 fully saturated rings. The van der Waals surface area contributed by atoms with Crippen LogP contribution in [0.3, 0.4) is 0 Å². The quantitative estimate of drug-likeness (QED) is 0.423. The Balaban J connectivity index is 0. The van der Waals surface area contributed by atoms with E-state index in [0.717, 1.165) is 19.3 Å². The molecule has 0 heterocycles. The first-order valence-corrected chi connectivity index (χ1v) is 7.90. The minimum Gasteiger partial charge on any atom is -0.379 e. The van der Waals surface area contributed by atoms with Gasteiger partial charge in [0.15, 0.2) is 8.03 Å². The van der Waals surface area contributed by atoms with Crippen LogP contribution < -0.4 is 0 Å². The molecule has 1 atom stereocenters. The molecule has 15 heavy (non-hydrogen) atoms. The Morgan fingerprint density at radius 1 is 1.13 bits per heavy atom. The summed E-state index contributed by atoms with van der Waals surface area (Å²) in [7, 11) is 0.892. The first-order valence-electron chi connectivity index (χ1n) is 4.92. The first kappa shape index (κ1) is 17.7.